The number of nitrogens with zero attached hydrogens (tertiary/aromatic N) is 2. The van der Waals surface area contributed by atoms with Crippen LogP contribution in [0.4, 0.5) is 5.13 Å². The number of ether oxygens (including phenoxy) is 1. The zero-order chi connectivity index (χ0) is 13.0. The molecule has 0 saturated carbocycles. The van der Waals surface area contributed by atoms with Gasteiger partial charge in [0.05, 0.1) is 12.3 Å². The summed E-state index contributed by atoms with van der Waals surface area (Å²) in [5.74, 6) is 0.651. The molecule has 1 aliphatic heterocycles. The largest absolute Gasteiger partial charge is 0.381 e. The molecule has 5 heteroatoms. The van der Waals surface area contributed by atoms with Crippen molar-refractivity contribution < 1.29 is 4.74 Å². The molecular weight excluding hydrogens is 246 g/mol. The number of hydrogen-bond donors (Lipinski definition) is 1. The Bertz CT molecular complexity index is 363. The summed E-state index contributed by atoms with van der Waals surface area (Å²) in [6.45, 7) is 5.01. The van der Waals surface area contributed by atoms with E-state index in [1.807, 2.05) is 7.05 Å². The summed E-state index contributed by atoms with van der Waals surface area (Å²) in [5.41, 5.74) is 1.13. The molecule has 2 atom stereocenters. The van der Waals surface area contributed by atoms with Gasteiger partial charge >= 0.3 is 0 Å². The second-order valence-electron chi connectivity index (χ2n) is 5.03. The number of anilines is 1. The fourth-order valence-electron chi connectivity index (χ4n) is 2.22. The first-order valence-electron chi connectivity index (χ1n) is 6.62. The zero-order valence-corrected chi connectivity index (χ0v) is 12.3. The van der Waals surface area contributed by atoms with Crippen molar-refractivity contribution in [3.8, 4) is 0 Å². The minimum Gasteiger partial charge on any atom is -0.381 e. The van der Waals surface area contributed by atoms with Crippen molar-refractivity contribution in [2.75, 3.05) is 38.8 Å². The fraction of sp³-hybridized carbons (Fsp3) is 0.769. The summed E-state index contributed by atoms with van der Waals surface area (Å²) >= 11 is 1.72. The normalized spacial score (nSPS) is 21.8. The van der Waals surface area contributed by atoms with Gasteiger partial charge in [-0.05, 0) is 32.7 Å². The Labute approximate surface area is 113 Å². The molecule has 0 radical (unpaired) electrons. The molecule has 0 aliphatic carbocycles. The predicted octanol–water partition coefficient (Wildman–Crippen LogP) is 2.29. The first-order valence-corrected chi connectivity index (χ1v) is 7.50. The molecule has 1 aliphatic rings. The summed E-state index contributed by atoms with van der Waals surface area (Å²) in [5, 5.41) is 6.47. The van der Waals surface area contributed by atoms with Crippen molar-refractivity contribution in [3.05, 3.63) is 11.1 Å². The van der Waals surface area contributed by atoms with E-state index in [1.165, 1.54) is 12.8 Å². The van der Waals surface area contributed by atoms with E-state index < -0.39 is 0 Å². The van der Waals surface area contributed by atoms with Gasteiger partial charge in [0.1, 0.15) is 0 Å². The van der Waals surface area contributed by atoms with Gasteiger partial charge in [0.2, 0.25) is 0 Å². The lowest BCUT2D eigenvalue weighted by Gasteiger charge is -2.26. The van der Waals surface area contributed by atoms with Gasteiger partial charge in [0.15, 0.2) is 5.13 Å². The molecule has 1 aromatic rings. The Morgan fingerprint density at radius 3 is 3.17 bits per heavy atom. The van der Waals surface area contributed by atoms with Gasteiger partial charge in [0.25, 0.3) is 0 Å². The summed E-state index contributed by atoms with van der Waals surface area (Å²) in [6, 6.07) is 0.321. The van der Waals surface area contributed by atoms with Crippen molar-refractivity contribution in [1.82, 2.24) is 10.3 Å². The number of thiazole rings is 1. The molecule has 0 aromatic carbocycles. The van der Waals surface area contributed by atoms with E-state index in [9.17, 15) is 0 Å². The Kier molecular flexibility index (Phi) is 4.97. The van der Waals surface area contributed by atoms with E-state index in [2.05, 4.69) is 34.6 Å². The highest BCUT2D eigenvalue weighted by molar-refractivity contribution is 7.13. The molecule has 1 aromatic heterocycles. The molecule has 2 heterocycles. The average molecular weight is 269 g/mol. The van der Waals surface area contributed by atoms with Crippen LogP contribution in [0.1, 0.15) is 31.5 Å². The highest BCUT2D eigenvalue weighted by atomic mass is 32.1. The predicted molar refractivity (Wildman–Crippen MR) is 76.4 cm³/mol. The molecule has 0 bridgehead atoms. The number of rotatable bonds is 5. The van der Waals surface area contributed by atoms with E-state index in [-0.39, 0.29) is 0 Å². The highest BCUT2D eigenvalue weighted by Gasteiger charge is 2.18. The molecule has 0 spiro atoms. The van der Waals surface area contributed by atoms with E-state index in [4.69, 9.17) is 4.74 Å². The minimum atomic E-state index is 0.321. The quantitative estimate of drug-likeness (QED) is 0.890. The second kappa shape index (κ2) is 6.50. The minimum absolute atomic E-state index is 0.321. The Morgan fingerprint density at radius 1 is 1.67 bits per heavy atom. The molecule has 1 saturated heterocycles. The fourth-order valence-corrected chi connectivity index (χ4v) is 3.11. The van der Waals surface area contributed by atoms with Crippen LogP contribution in [-0.4, -0.2) is 38.8 Å². The third-order valence-electron chi connectivity index (χ3n) is 3.50. The molecule has 102 valence electrons. The first kappa shape index (κ1) is 13.8. The Balaban J connectivity index is 1.91. The topological polar surface area (TPSA) is 37.4 Å². The van der Waals surface area contributed by atoms with E-state index in [1.54, 1.807) is 11.3 Å². The molecular formula is C13H23N3OS. The van der Waals surface area contributed by atoms with Crippen molar-refractivity contribution >= 4 is 16.5 Å². The number of hydrogen-bond acceptors (Lipinski definition) is 5. The van der Waals surface area contributed by atoms with Gasteiger partial charge in [-0.1, -0.05) is 0 Å². The standard InChI is InChI=1S/C13H23N3OS/c1-10(14-2)12-9-18-13(15-12)16(3)7-11-5-4-6-17-8-11/h9-11,14H,4-8H2,1-3H3. The molecule has 4 nitrogen and oxygen atoms in total. The maximum absolute atomic E-state index is 5.53. The third kappa shape index (κ3) is 3.43. The molecule has 1 fully saturated rings. The second-order valence-corrected chi connectivity index (χ2v) is 5.87. The van der Waals surface area contributed by atoms with Crippen LogP contribution in [-0.2, 0) is 4.74 Å². The molecule has 2 unspecified atom stereocenters. The zero-order valence-electron chi connectivity index (χ0n) is 11.5. The molecule has 18 heavy (non-hydrogen) atoms. The van der Waals surface area contributed by atoms with Crippen LogP contribution in [0.5, 0.6) is 0 Å². The number of aromatic nitrogens is 1. The van der Waals surface area contributed by atoms with Gasteiger partial charge < -0.3 is 15.0 Å². The SMILES string of the molecule is CNC(C)c1csc(N(C)CC2CCCOC2)n1. The lowest BCUT2D eigenvalue weighted by molar-refractivity contribution is 0.0576. The van der Waals surface area contributed by atoms with Gasteiger partial charge in [0, 0.05) is 31.6 Å². The highest BCUT2D eigenvalue weighted by Crippen LogP contribution is 2.25. The average Bonchev–Trinajstić information content (AvgIpc) is 2.88. The van der Waals surface area contributed by atoms with E-state index in [0.717, 1.165) is 30.6 Å². The van der Waals surface area contributed by atoms with E-state index in [0.29, 0.717) is 12.0 Å². The van der Waals surface area contributed by atoms with Crippen LogP contribution in [0.15, 0.2) is 5.38 Å². The van der Waals surface area contributed by atoms with Crippen molar-refractivity contribution in [2.24, 2.45) is 5.92 Å². The van der Waals surface area contributed by atoms with Gasteiger partial charge in [-0.25, -0.2) is 4.98 Å². The molecule has 1 N–H and O–H groups in total. The monoisotopic (exact) mass is 269 g/mol. The van der Waals surface area contributed by atoms with E-state index >= 15 is 0 Å². The van der Waals surface area contributed by atoms with Crippen LogP contribution in [0.3, 0.4) is 0 Å². The van der Waals surface area contributed by atoms with Crippen LogP contribution in [0, 0.1) is 5.92 Å². The molecule has 0 amide bonds. The molecule has 2 rings (SSSR count). The van der Waals surface area contributed by atoms with Gasteiger partial charge in [-0.3, -0.25) is 0 Å². The number of nitrogens with one attached hydrogen (secondary N) is 1. The third-order valence-corrected chi connectivity index (χ3v) is 4.47. The summed E-state index contributed by atoms with van der Waals surface area (Å²) in [6.07, 6.45) is 2.47. The van der Waals surface area contributed by atoms with Gasteiger partial charge in [-0.2, -0.15) is 0 Å². The summed E-state index contributed by atoms with van der Waals surface area (Å²) < 4.78 is 5.53. The summed E-state index contributed by atoms with van der Waals surface area (Å²) in [4.78, 5) is 6.95. The van der Waals surface area contributed by atoms with Crippen LogP contribution in [0.2, 0.25) is 0 Å². The Morgan fingerprint density at radius 2 is 2.50 bits per heavy atom. The smallest absolute Gasteiger partial charge is 0.185 e. The maximum atomic E-state index is 5.53. The first-order chi connectivity index (χ1) is 8.70. The van der Waals surface area contributed by atoms with Crippen LogP contribution in [0.25, 0.3) is 0 Å². The summed E-state index contributed by atoms with van der Waals surface area (Å²) in [7, 11) is 4.09. The Hall–Kier alpha value is -0.650. The van der Waals surface area contributed by atoms with Crippen molar-refractivity contribution in [3.63, 3.8) is 0 Å². The maximum Gasteiger partial charge on any atom is 0.185 e. The lowest BCUT2D eigenvalue weighted by Crippen LogP contribution is -2.30. The van der Waals surface area contributed by atoms with Crippen molar-refractivity contribution in [2.45, 2.75) is 25.8 Å². The van der Waals surface area contributed by atoms with Crippen LogP contribution < -0.4 is 10.2 Å². The van der Waals surface area contributed by atoms with Crippen molar-refractivity contribution in [1.29, 1.82) is 0 Å². The van der Waals surface area contributed by atoms with Gasteiger partial charge in [-0.15, -0.1) is 11.3 Å². The lowest BCUT2D eigenvalue weighted by atomic mass is 10.0. The van der Waals surface area contributed by atoms with Crippen LogP contribution >= 0.6 is 11.3 Å².